The topological polar surface area (TPSA) is 89.8 Å². The van der Waals surface area contributed by atoms with Crippen molar-refractivity contribution in [2.45, 2.75) is 25.8 Å². The fourth-order valence-electron chi connectivity index (χ4n) is 1.43. The molecule has 0 aliphatic heterocycles. The average molecular weight is 239 g/mol. The Morgan fingerprint density at radius 2 is 2.00 bits per heavy atom. The van der Waals surface area contributed by atoms with E-state index in [-0.39, 0.29) is 17.9 Å². The van der Waals surface area contributed by atoms with Crippen LogP contribution in [-0.4, -0.2) is 33.4 Å². The van der Waals surface area contributed by atoms with E-state index in [1.54, 1.807) is 13.8 Å². The van der Waals surface area contributed by atoms with Gasteiger partial charge in [0, 0.05) is 12.1 Å². The first-order valence-electron chi connectivity index (χ1n) is 5.32. The van der Waals surface area contributed by atoms with Crippen molar-refractivity contribution in [2.24, 2.45) is 0 Å². The maximum absolute atomic E-state index is 11.8. The molecule has 94 valence electrons. The first-order valence-corrected chi connectivity index (χ1v) is 5.32. The van der Waals surface area contributed by atoms with Gasteiger partial charge >= 0.3 is 0 Å². The molecule has 5 nitrogen and oxygen atoms in total. The number of aliphatic hydroxyl groups excluding tert-OH is 1. The maximum atomic E-state index is 11.8. The largest absolute Gasteiger partial charge is 0.504 e. The molecule has 0 spiro atoms. The quantitative estimate of drug-likeness (QED) is 0.590. The van der Waals surface area contributed by atoms with Gasteiger partial charge in [0.2, 0.25) is 0 Å². The molecule has 0 saturated carbocycles. The molecular formula is C12H17NO4. The van der Waals surface area contributed by atoms with Crippen LogP contribution in [-0.2, 0) is 0 Å². The highest BCUT2D eigenvalue weighted by atomic mass is 16.3. The van der Waals surface area contributed by atoms with Crippen LogP contribution in [0.2, 0.25) is 0 Å². The summed E-state index contributed by atoms with van der Waals surface area (Å²) in [6, 6.07) is 4.19. The first kappa shape index (κ1) is 13.3. The highest BCUT2D eigenvalue weighted by Gasteiger charge is 2.22. The highest BCUT2D eigenvalue weighted by molar-refractivity contribution is 5.98. The van der Waals surface area contributed by atoms with Crippen LogP contribution in [0.5, 0.6) is 11.5 Å². The Bertz CT molecular complexity index is 415. The molecule has 17 heavy (non-hydrogen) atoms. The normalized spacial score (nSPS) is 11.2. The van der Waals surface area contributed by atoms with Crippen molar-refractivity contribution >= 4 is 5.91 Å². The summed E-state index contributed by atoms with van der Waals surface area (Å²) >= 11 is 0. The van der Waals surface area contributed by atoms with Crippen LogP contribution >= 0.6 is 0 Å². The molecule has 4 N–H and O–H groups in total. The van der Waals surface area contributed by atoms with Gasteiger partial charge in [-0.25, -0.2) is 0 Å². The van der Waals surface area contributed by atoms with E-state index >= 15 is 0 Å². The number of nitrogens with one attached hydrogen (secondary N) is 1. The molecule has 1 rings (SSSR count). The third-order valence-electron chi connectivity index (χ3n) is 2.45. The van der Waals surface area contributed by atoms with E-state index in [0.717, 1.165) is 0 Å². The number of aromatic hydroxyl groups is 2. The smallest absolute Gasteiger partial charge is 0.255 e. The minimum Gasteiger partial charge on any atom is -0.504 e. The predicted octanol–water partition coefficient (Wildman–Crippen LogP) is 0.989. The second-order valence-corrected chi connectivity index (χ2v) is 4.48. The van der Waals surface area contributed by atoms with Gasteiger partial charge in [0.1, 0.15) is 0 Å². The van der Waals surface area contributed by atoms with Crippen LogP contribution in [0.25, 0.3) is 0 Å². The Kier molecular flexibility index (Phi) is 3.96. The minimum atomic E-state index is -0.580. The molecule has 0 aromatic heterocycles. The molecule has 0 atom stereocenters. The molecule has 0 aliphatic carbocycles. The van der Waals surface area contributed by atoms with Crippen molar-refractivity contribution < 1.29 is 20.1 Å². The summed E-state index contributed by atoms with van der Waals surface area (Å²) in [5.41, 5.74) is -0.569. The van der Waals surface area contributed by atoms with E-state index in [4.69, 9.17) is 5.11 Å². The van der Waals surface area contributed by atoms with Gasteiger partial charge in [-0.15, -0.1) is 0 Å². The van der Waals surface area contributed by atoms with Gasteiger partial charge in [0.15, 0.2) is 11.5 Å². The lowest BCUT2D eigenvalue weighted by atomic mass is 10.0. The van der Waals surface area contributed by atoms with Crippen molar-refractivity contribution in [2.75, 3.05) is 6.61 Å². The molecule has 1 aromatic rings. The average Bonchev–Trinajstić information content (AvgIpc) is 2.21. The number of carbonyl (C=O) groups excluding carboxylic acids is 1. The molecule has 5 heteroatoms. The molecule has 0 aliphatic rings. The second-order valence-electron chi connectivity index (χ2n) is 4.48. The van der Waals surface area contributed by atoms with Crippen LogP contribution < -0.4 is 5.32 Å². The van der Waals surface area contributed by atoms with Gasteiger partial charge in [0.25, 0.3) is 5.91 Å². The zero-order valence-corrected chi connectivity index (χ0v) is 9.90. The number of phenols is 2. The monoisotopic (exact) mass is 239 g/mol. The van der Waals surface area contributed by atoms with E-state index in [2.05, 4.69) is 5.32 Å². The van der Waals surface area contributed by atoms with E-state index in [1.807, 2.05) is 0 Å². The summed E-state index contributed by atoms with van der Waals surface area (Å²) in [5.74, 6) is -1.26. The second kappa shape index (κ2) is 5.05. The molecule has 0 heterocycles. The molecule has 0 saturated heterocycles. The molecule has 0 unspecified atom stereocenters. The Hall–Kier alpha value is -1.75. The van der Waals surface area contributed by atoms with Crippen molar-refractivity contribution in [3.63, 3.8) is 0 Å². The van der Waals surface area contributed by atoms with Crippen LogP contribution in [0.4, 0.5) is 0 Å². The SMILES string of the molecule is CC(C)(CCO)NC(=O)c1cccc(O)c1O. The van der Waals surface area contributed by atoms with Crippen LogP contribution in [0.3, 0.4) is 0 Å². The molecular weight excluding hydrogens is 222 g/mol. The molecule has 0 fully saturated rings. The standard InChI is InChI=1S/C12H17NO4/c1-12(2,6-7-14)13-11(17)8-4-3-5-9(15)10(8)16/h3-5,14-16H,6-7H2,1-2H3,(H,13,17). The molecule has 1 aromatic carbocycles. The van der Waals surface area contributed by atoms with Gasteiger partial charge in [-0.05, 0) is 32.4 Å². The zero-order chi connectivity index (χ0) is 13.1. The number of rotatable bonds is 4. The van der Waals surface area contributed by atoms with Gasteiger partial charge in [-0.1, -0.05) is 6.07 Å². The third kappa shape index (κ3) is 3.35. The number of hydrogen-bond donors (Lipinski definition) is 4. The predicted molar refractivity (Wildman–Crippen MR) is 63.0 cm³/mol. The van der Waals surface area contributed by atoms with Gasteiger partial charge < -0.3 is 20.6 Å². The van der Waals surface area contributed by atoms with E-state index in [9.17, 15) is 15.0 Å². The van der Waals surface area contributed by atoms with Crippen molar-refractivity contribution in [1.82, 2.24) is 5.32 Å². The minimum absolute atomic E-state index is 0.0102. The van der Waals surface area contributed by atoms with Crippen molar-refractivity contribution in [3.8, 4) is 11.5 Å². The van der Waals surface area contributed by atoms with E-state index in [0.29, 0.717) is 6.42 Å². The number of amides is 1. The number of aliphatic hydroxyl groups is 1. The van der Waals surface area contributed by atoms with E-state index in [1.165, 1.54) is 18.2 Å². The first-order chi connectivity index (χ1) is 7.87. The van der Waals surface area contributed by atoms with Crippen molar-refractivity contribution in [3.05, 3.63) is 23.8 Å². The number of phenolic OH excluding ortho intramolecular Hbond substituents is 2. The fraction of sp³-hybridized carbons (Fsp3) is 0.417. The Morgan fingerprint density at radius 1 is 1.35 bits per heavy atom. The highest BCUT2D eigenvalue weighted by Crippen LogP contribution is 2.28. The van der Waals surface area contributed by atoms with Crippen LogP contribution in [0.15, 0.2) is 18.2 Å². The summed E-state index contributed by atoms with van der Waals surface area (Å²) in [7, 11) is 0. The Morgan fingerprint density at radius 3 is 2.59 bits per heavy atom. The van der Waals surface area contributed by atoms with Crippen molar-refractivity contribution in [1.29, 1.82) is 0 Å². The molecule has 0 radical (unpaired) electrons. The summed E-state index contributed by atoms with van der Waals surface area (Å²) < 4.78 is 0. The number of hydrogen-bond acceptors (Lipinski definition) is 4. The van der Waals surface area contributed by atoms with Crippen LogP contribution in [0, 0.1) is 0 Å². The van der Waals surface area contributed by atoms with Crippen LogP contribution in [0.1, 0.15) is 30.6 Å². The van der Waals surface area contributed by atoms with Gasteiger partial charge in [0.05, 0.1) is 5.56 Å². The Balaban J connectivity index is 2.87. The van der Waals surface area contributed by atoms with Gasteiger partial charge in [-0.2, -0.15) is 0 Å². The lowest BCUT2D eigenvalue weighted by molar-refractivity contribution is 0.0896. The summed E-state index contributed by atoms with van der Waals surface area (Å²) in [5, 5.41) is 30.3. The number of benzene rings is 1. The fourth-order valence-corrected chi connectivity index (χ4v) is 1.43. The van der Waals surface area contributed by atoms with E-state index < -0.39 is 17.2 Å². The zero-order valence-electron chi connectivity index (χ0n) is 9.90. The van der Waals surface area contributed by atoms with Gasteiger partial charge in [-0.3, -0.25) is 4.79 Å². The Labute approximate surface area is 99.7 Å². The number of para-hydroxylation sites is 1. The maximum Gasteiger partial charge on any atom is 0.255 e. The number of carbonyl (C=O) groups is 1. The molecule has 0 bridgehead atoms. The lowest BCUT2D eigenvalue weighted by Crippen LogP contribution is -2.44. The summed E-state index contributed by atoms with van der Waals surface area (Å²) in [6.45, 7) is 3.49. The summed E-state index contributed by atoms with van der Waals surface area (Å²) in [4.78, 5) is 11.8. The third-order valence-corrected chi connectivity index (χ3v) is 2.45. The lowest BCUT2D eigenvalue weighted by Gasteiger charge is -2.25. The molecule has 1 amide bonds. The summed E-state index contributed by atoms with van der Waals surface area (Å²) in [6.07, 6.45) is 0.401.